The first-order chi connectivity index (χ1) is 19.5. The average Bonchev–Trinajstić information content (AvgIpc) is 2.97. The zero-order valence-corrected chi connectivity index (χ0v) is 22.4. The second kappa shape index (κ2) is 11.9. The Morgan fingerprint density at radius 3 is 2.25 bits per heavy atom. The first kappa shape index (κ1) is 26.8. The fraction of sp³-hybridized carbons (Fsp3) is 0.233. The lowest BCUT2D eigenvalue weighted by atomic mass is 10.0. The summed E-state index contributed by atoms with van der Waals surface area (Å²) in [5.74, 6) is 1.31. The number of para-hydroxylation sites is 2. The first-order valence-electron chi connectivity index (χ1n) is 13.1. The number of nitrogens with zero attached hydrogens (tertiary/aromatic N) is 6. The standard InChI is InChI=1S/C30H30N6O4/c1-3-40-24-15-13-22(14-16-24)25-21-28(37)35(23-9-5-4-6-10-23)30(34-19-17-33(2)18-20-34)29(25)32-31-26-11-7-8-12-27(26)36(38)39/h4-16,21H,3,17-20H2,1-2H3. The molecule has 0 unspecified atom stereocenters. The summed E-state index contributed by atoms with van der Waals surface area (Å²) in [6, 6.07) is 24.6. The molecular weight excluding hydrogens is 508 g/mol. The molecule has 0 spiro atoms. The number of benzene rings is 3. The van der Waals surface area contributed by atoms with E-state index < -0.39 is 4.92 Å². The van der Waals surface area contributed by atoms with Gasteiger partial charge in [0.15, 0.2) is 5.69 Å². The van der Waals surface area contributed by atoms with Crippen LogP contribution in [-0.4, -0.2) is 54.2 Å². The normalized spacial score (nSPS) is 14.0. The maximum absolute atomic E-state index is 13.8. The highest BCUT2D eigenvalue weighted by atomic mass is 16.6. The molecule has 40 heavy (non-hydrogen) atoms. The molecule has 1 aromatic heterocycles. The zero-order chi connectivity index (χ0) is 28.1. The molecule has 0 atom stereocenters. The number of hydrogen-bond donors (Lipinski definition) is 0. The SMILES string of the molecule is CCOc1ccc(-c2cc(=O)n(-c3ccccc3)c(N3CCN(C)CC3)c2N=Nc2ccccc2[N+](=O)[O-])cc1. The molecule has 204 valence electrons. The summed E-state index contributed by atoms with van der Waals surface area (Å²) in [5, 5.41) is 20.7. The van der Waals surface area contributed by atoms with Gasteiger partial charge in [0, 0.05) is 43.9 Å². The van der Waals surface area contributed by atoms with Crippen molar-refractivity contribution in [3.63, 3.8) is 0 Å². The molecule has 3 aromatic carbocycles. The van der Waals surface area contributed by atoms with Crippen molar-refractivity contribution in [3.05, 3.63) is 105 Å². The van der Waals surface area contributed by atoms with Crippen LogP contribution >= 0.6 is 0 Å². The fourth-order valence-electron chi connectivity index (χ4n) is 4.75. The summed E-state index contributed by atoms with van der Waals surface area (Å²) in [7, 11) is 2.06. The highest BCUT2D eigenvalue weighted by molar-refractivity contribution is 5.84. The third-order valence-electron chi connectivity index (χ3n) is 6.80. The van der Waals surface area contributed by atoms with Crippen molar-refractivity contribution < 1.29 is 9.66 Å². The molecular formula is C30H30N6O4. The third kappa shape index (κ3) is 5.62. The van der Waals surface area contributed by atoms with Crippen molar-refractivity contribution in [3.8, 4) is 22.6 Å². The number of nitro benzene ring substituents is 1. The topological polar surface area (TPSA) is 106 Å². The lowest BCUT2D eigenvalue weighted by Crippen LogP contribution is -2.46. The molecule has 0 amide bonds. The Labute approximate surface area is 231 Å². The van der Waals surface area contributed by atoms with Crippen LogP contribution in [0.1, 0.15) is 6.92 Å². The van der Waals surface area contributed by atoms with Gasteiger partial charge in [-0.15, -0.1) is 10.2 Å². The summed E-state index contributed by atoms with van der Waals surface area (Å²) in [5.41, 5.74) is 2.26. The van der Waals surface area contributed by atoms with E-state index in [9.17, 15) is 14.9 Å². The van der Waals surface area contributed by atoms with Crippen LogP contribution in [0.15, 0.2) is 100.0 Å². The molecule has 0 radical (unpaired) electrons. The number of hydrogen-bond acceptors (Lipinski definition) is 8. The minimum atomic E-state index is -0.478. The Kier molecular flexibility index (Phi) is 7.97. The molecule has 0 saturated carbocycles. The van der Waals surface area contributed by atoms with Gasteiger partial charge in [-0.25, -0.2) is 0 Å². The van der Waals surface area contributed by atoms with Crippen LogP contribution in [0.3, 0.4) is 0 Å². The van der Waals surface area contributed by atoms with Crippen molar-refractivity contribution in [1.82, 2.24) is 9.47 Å². The van der Waals surface area contributed by atoms with Crippen molar-refractivity contribution >= 4 is 22.9 Å². The molecule has 10 heteroatoms. The molecule has 10 nitrogen and oxygen atoms in total. The van der Waals surface area contributed by atoms with E-state index in [0.29, 0.717) is 48.2 Å². The van der Waals surface area contributed by atoms with Gasteiger partial charge in [0.2, 0.25) is 0 Å². The molecule has 0 N–H and O–H groups in total. The van der Waals surface area contributed by atoms with Crippen molar-refractivity contribution in [1.29, 1.82) is 0 Å². The van der Waals surface area contributed by atoms with Crippen LogP contribution in [0.5, 0.6) is 5.75 Å². The predicted octanol–water partition coefficient (Wildman–Crippen LogP) is 5.98. The Balaban J connectivity index is 1.78. The largest absolute Gasteiger partial charge is 0.494 e. The number of nitro groups is 1. The van der Waals surface area contributed by atoms with Gasteiger partial charge in [0.25, 0.3) is 11.2 Å². The Morgan fingerprint density at radius 2 is 1.57 bits per heavy atom. The quantitative estimate of drug-likeness (QED) is 0.155. The molecule has 0 bridgehead atoms. The minimum absolute atomic E-state index is 0.131. The molecule has 4 aromatic rings. The number of aromatic nitrogens is 1. The zero-order valence-electron chi connectivity index (χ0n) is 22.4. The Morgan fingerprint density at radius 1 is 0.900 bits per heavy atom. The Hall–Kier alpha value is -4.83. The van der Waals surface area contributed by atoms with E-state index in [1.165, 1.54) is 6.07 Å². The van der Waals surface area contributed by atoms with Crippen LogP contribution in [0, 0.1) is 10.1 Å². The molecule has 1 fully saturated rings. The van der Waals surface area contributed by atoms with Crippen molar-refractivity contribution in [2.24, 2.45) is 10.2 Å². The van der Waals surface area contributed by atoms with E-state index in [0.717, 1.165) is 18.7 Å². The molecule has 5 rings (SSSR count). The van der Waals surface area contributed by atoms with Crippen LogP contribution in [0.4, 0.5) is 22.9 Å². The van der Waals surface area contributed by atoms with Crippen LogP contribution in [-0.2, 0) is 0 Å². The molecule has 1 saturated heterocycles. The highest BCUT2D eigenvalue weighted by Gasteiger charge is 2.26. The van der Waals surface area contributed by atoms with Gasteiger partial charge < -0.3 is 14.5 Å². The van der Waals surface area contributed by atoms with E-state index >= 15 is 0 Å². The summed E-state index contributed by atoms with van der Waals surface area (Å²) in [6.45, 7) is 5.40. The van der Waals surface area contributed by atoms with E-state index in [4.69, 9.17) is 4.74 Å². The van der Waals surface area contributed by atoms with E-state index in [1.807, 2.05) is 61.5 Å². The lowest BCUT2D eigenvalue weighted by molar-refractivity contribution is -0.384. The van der Waals surface area contributed by atoms with Crippen LogP contribution in [0.2, 0.25) is 0 Å². The molecule has 1 aliphatic heterocycles. The monoisotopic (exact) mass is 538 g/mol. The van der Waals surface area contributed by atoms with Crippen molar-refractivity contribution in [2.45, 2.75) is 6.92 Å². The summed E-state index contributed by atoms with van der Waals surface area (Å²) in [6.07, 6.45) is 0. The fourth-order valence-corrected chi connectivity index (χ4v) is 4.75. The van der Waals surface area contributed by atoms with Gasteiger partial charge in [0.05, 0.1) is 17.2 Å². The van der Waals surface area contributed by atoms with Crippen LogP contribution < -0.4 is 15.2 Å². The second-order valence-electron chi connectivity index (χ2n) is 9.43. The van der Waals surface area contributed by atoms with E-state index in [1.54, 1.807) is 28.8 Å². The average molecular weight is 539 g/mol. The highest BCUT2D eigenvalue weighted by Crippen LogP contribution is 2.41. The smallest absolute Gasteiger partial charge is 0.296 e. The van der Waals surface area contributed by atoms with Gasteiger partial charge in [0.1, 0.15) is 17.3 Å². The maximum atomic E-state index is 13.8. The van der Waals surface area contributed by atoms with E-state index in [2.05, 4.69) is 27.1 Å². The maximum Gasteiger partial charge on any atom is 0.296 e. The van der Waals surface area contributed by atoms with Gasteiger partial charge >= 0.3 is 0 Å². The summed E-state index contributed by atoms with van der Waals surface area (Å²) in [4.78, 5) is 29.4. The molecule has 0 aliphatic carbocycles. The van der Waals surface area contributed by atoms with Gasteiger partial charge in [-0.3, -0.25) is 19.5 Å². The number of likely N-dealkylation sites (N-methyl/N-ethyl adjacent to an activating group) is 1. The predicted molar refractivity (Wildman–Crippen MR) is 156 cm³/mol. The van der Waals surface area contributed by atoms with E-state index in [-0.39, 0.29) is 16.9 Å². The Bertz CT molecular complexity index is 1580. The number of pyridine rings is 1. The number of anilines is 1. The summed E-state index contributed by atoms with van der Waals surface area (Å²) < 4.78 is 7.26. The minimum Gasteiger partial charge on any atom is -0.494 e. The second-order valence-corrected chi connectivity index (χ2v) is 9.43. The number of azo groups is 1. The number of ether oxygens (including phenoxy) is 1. The lowest BCUT2D eigenvalue weighted by Gasteiger charge is -2.36. The first-order valence-corrected chi connectivity index (χ1v) is 13.1. The van der Waals surface area contributed by atoms with Gasteiger partial charge in [-0.1, -0.05) is 42.5 Å². The molecule has 1 aliphatic rings. The van der Waals surface area contributed by atoms with Crippen molar-refractivity contribution in [2.75, 3.05) is 44.7 Å². The number of rotatable bonds is 8. The van der Waals surface area contributed by atoms with Crippen LogP contribution in [0.25, 0.3) is 16.8 Å². The summed E-state index contributed by atoms with van der Waals surface area (Å²) >= 11 is 0. The van der Waals surface area contributed by atoms with Gasteiger partial charge in [-0.2, -0.15) is 0 Å². The molecule has 2 heterocycles. The van der Waals surface area contributed by atoms with Gasteiger partial charge in [-0.05, 0) is 49.9 Å². The number of piperazine rings is 1. The third-order valence-corrected chi connectivity index (χ3v) is 6.80.